The zero-order valence-corrected chi connectivity index (χ0v) is 18.1. The van der Waals surface area contributed by atoms with E-state index in [1.165, 1.54) is 44.8 Å². The highest BCUT2D eigenvalue weighted by atomic mass is 32.2. The quantitative estimate of drug-likeness (QED) is 0.783. The van der Waals surface area contributed by atoms with E-state index in [-0.39, 0.29) is 16.8 Å². The SMILES string of the molecule is CC1CCc2c(sc(NC(=O)c3ccc(S(=O)(=O)N(C)C4CC4)cc3)c2C#N)C1. The van der Waals surface area contributed by atoms with E-state index < -0.39 is 10.0 Å². The van der Waals surface area contributed by atoms with E-state index in [0.717, 1.165) is 37.7 Å². The number of benzene rings is 1. The molecule has 1 heterocycles. The van der Waals surface area contributed by atoms with E-state index in [9.17, 15) is 18.5 Å². The second-order valence-electron chi connectivity index (χ2n) is 7.90. The summed E-state index contributed by atoms with van der Waals surface area (Å²) in [6.45, 7) is 2.20. The molecule has 1 amide bonds. The molecule has 0 saturated heterocycles. The molecule has 6 nitrogen and oxygen atoms in total. The lowest BCUT2D eigenvalue weighted by Crippen LogP contribution is -2.29. The zero-order chi connectivity index (χ0) is 20.8. The Labute approximate surface area is 175 Å². The van der Waals surface area contributed by atoms with Gasteiger partial charge in [0.25, 0.3) is 5.91 Å². The molecular formula is C21H23N3O3S2. The van der Waals surface area contributed by atoms with Gasteiger partial charge >= 0.3 is 0 Å². The van der Waals surface area contributed by atoms with E-state index in [0.29, 0.717) is 22.0 Å². The van der Waals surface area contributed by atoms with Crippen LogP contribution in [0.1, 0.15) is 52.5 Å². The van der Waals surface area contributed by atoms with Crippen LogP contribution in [0.15, 0.2) is 29.2 Å². The first-order valence-corrected chi connectivity index (χ1v) is 12.0. The summed E-state index contributed by atoms with van der Waals surface area (Å²) in [6.07, 6.45) is 4.64. The van der Waals surface area contributed by atoms with Crippen molar-refractivity contribution >= 4 is 32.3 Å². The second kappa shape index (κ2) is 7.56. The number of nitrogens with zero attached hydrogens (tertiary/aromatic N) is 2. The second-order valence-corrected chi connectivity index (χ2v) is 11.0. The summed E-state index contributed by atoms with van der Waals surface area (Å²) in [5.41, 5.74) is 1.99. The molecule has 0 radical (unpaired) electrons. The molecule has 2 aliphatic carbocycles. The molecule has 1 atom stereocenters. The molecule has 4 rings (SSSR count). The molecule has 1 fully saturated rings. The van der Waals surface area contributed by atoms with E-state index in [2.05, 4.69) is 18.3 Å². The number of nitrogens with one attached hydrogen (secondary N) is 1. The van der Waals surface area contributed by atoms with Crippen molar-refractivity contribution in [3.63, 3.8) is 0 Å². The van der Waals surface area contributed by atoms with Gasteiger partial charge in [-0.05, 0) is 67.9 Å². The maximum absolute atomic E-state index is 12.7. The van der Waals surface area contributed by atoms with Crippen LogP contribution in [0, 0.1) is 17.2 Å². The average Bonchev–Trinajstić information content (AvgIpc) is 3.49. The number of hydrogen-bond donors (Lipinski definition) is 1. The lowest BCUT2D eigenvalue weighted by Gasteiger charge is -2.17. The maximum Gasteiger partial charge on any atom is 0.256 e. The van der Waals surface area contributed by atoms with E-state index >= 15 is 0 Å². The summed E-state index contributed by atoms with van der Waals surface area (Å²) in [5, 5.41) is 13.0. The highest BCUT2D eigenvalue weighted by Gasteiger charge is 2.35. The van der Waals surface area contributed by atoms with E-state index in [1.54, 1.807) is 7.05 Å². The van der Waals surface area contributed by atoms with Crippen LogP contribution in [-0.4, -0.2) is 31.7 Å². The van der Waals surface area contributed by atoms with Crippen molar-refractivity contribution in [1.82, 2.24) is 4.31 Å². The molecular weight excluding hydrogens is 406 g/mol. The summed E-state index contributed by atoms with van der Waals surface area (Å²) >= 11 is 1.48. The number of rotatable bonds is 5. The third kappa shape index (κ3) is 3.82. The Bertz CT molecular complexity index is 1090. The van der Waals surface area contributed by atoms with Crippen molar-refractivity contribution in [2.45, 2.75) is 50.0 Å². The maximum atomic E-state index is 12.7. The molecule has 0 bridgehead atoms. The summed E-state index contributed by atoms with van der Waals surface area (Å²) in [4.78, 5) is 14.1. The predicted octanol–water partition coefficient (Wildman–Crippen LogP) is 3.78. The number of carbonyl (C=O) groups excluding carboxylic acids is 1. The summed E-state index contributed by atoms with van der Waals surface area (Å²) < 4.78 is 26.6. The molecule has 1 unspecified atom stereocenters. The van der Waals surface area contributed by atoms with E-state index in [1.807, 2.05) is 0 Å². The third-order valence-corrected chi connectivity index (χ3v) is 8.80. The van der Waals surface area contributed by atoms with Gasteiger partial charge in [0.1, 0.15) is 11.1 Å². The van der Waals surface area contributed by atoms with Gasteiger partial charge in [0, 0.05) is 23.5 Å². The topological polar surface area (TPSA) is 90.3 Å². The fourth-order valence-corrected chi connectivity index (χ4v) is 6.48. The van der Waals surface area contributed by atoms with Crippen molar-refractivity contribution in [2.75, 3.05) is 12.4 Å². The fraction of sp³-hybridized carbons (Fsp3) is 0.429. The zero-order valence-electron chi connectivity index (χ0n) is 16.4. The molecule has 1 saturated carbocycles. The Hall–Kier alpha value is -2.21. The summed E-state index contributed by atoms with van der Waals surface area (Å²) in [6, 6.07) is 8.30. The number of thiophene rings is 1. The normalized spacial score (nSPS) is 18.9. The van der Waals surface area contributed by atoms with Gasteiger partial charge in [0.05, 0.1) is 10.5 Å². The molecule has 152 valence electrons. The summed E-state index contributed by atoms with van der Waals surface area (Å²) in [7, 11) is -1.94. The molecule has 0 aliphatic heterocycles. The molecule has 8 heteroatoms. The van der Waals surface area contributed by atoms with Gasteiger partial charge in [-0.15, -0.1) is 11.3 Å². The molecule has 2 aromatic rings. The summed E-state index contributed by atoms with van der Waals surface area (Å²) in [5.74, 6) is 0.243. The number of hydrogen-bond acceptors (Lipinski definition) is 5. The van der Waals surface area contributed by atoms with Crippen LogP contribution in [0.25, 0.3) is 0 Å². The van der Waals surface area contributed by atoms with Crippen LogP contribution in [0.5, 0.6) is 0 Å². The Morgan fingerprint density at radius 2 is 1.93 bits per heavy atom. The molecule has 1 aromatic heterocycles. The van der Waals surface area contributed by atoms with Crippen molar-refractivity contribution < 1.29 is 13.2 Å². The van der Waals surface area contributed by atoms with Gasteiger partial charge in [-0.1, -0.05) is 6.92 Å². The first-order chi connectivity index (χ1) is 13.8. The minimum atomic E-state index is -3.53. The standard InChI is InChI=1S/C21H23N3O3S2/c1-13-3-10-17-18(12-22)21(28-19(17)11-13)23-20(25)14-4-8-16(9-5-14)29(26,27)24(2)15-6-7-15/h4-5,8-9,13,15H,3,6-7,10-11H2,1-2H3,(H,23,25). The van der Waals surface area contributed by atoms with Crippen molar-refractivity contribution in [3.8, 4) is 6.07 Å². The first-order valence-electron chi connectivity index (χ1n) is 9.75. The smallest absolute Gasteiger partial charge is 0.256 e. The third-order valence-electron chi connectivity index (χ3n) is 5.71. The first kappa shape index (κ1) is 20.1. The highest BCUT2D eigenvalue weighted by molar-refractivity contribution is 7.89. The number of nitriles is 1. The largest absolute Gasteiger partial charge is 0.312 e. The van der Waals surface area contributed by atoms with E-state index in [4.69, 9.17) is 0 Å². The van der Waals surface area contributed by atoms with Crippen LogP contribution < -0.4 is 5.32 Å². The van der Waals surface area contributed by atoms with Gasteiger partial charge in [-0.3, -0.25) is 4.79 Å². The predicted molar refractivity (Wildman–Crippen MR) is 113 cm³/mol. The van der Waals surface area contributed by atoms with Crippen LogP contribution in [0.2, 0.25) is 0 Å². The molecule has 2 aliphatic rings. The van der Waals surface area contributed by atoms with Crippen molar-refractivity contribution in [1.29, 1.82) is 5.26 Å². The van der Waals surface area contributed by atoms with Gasteiger partial charge in [-0.2, -0.15) is 9.57 Å². The Morgan fingerprint density at radius 1 is 1.24 bits per heavy atom. The van der Waals surface area contributed by atoms with Crippen LogP contribution in [0.3, 0.4) is 0 Å². The van der Waals surface area contributed by atoms with Crippen molar-refractivity contribution in [3.05, 3.63) is 45.8 Å². The number of carbonyl (C=O) groups is 1. The minimum Gasteiger partial charge on any atom is -0.312 e. The number of anilines is 1. The lowest BCUT2D eigenvalue weighted by molar-refractivity contribution is 0.102. The Kier molecular flexibility index (Phi) is 5.23. The fourth-order valence-electron chi connectivity index (χ4n) is 3.71. The number of amides is 1. The Balaban J connectivity index is 1.53. The van der Waals surface area contributed by atoms with Gasteiger partial charge in [0.15, 0.2) is 0 Å². The monoisotopic (exact) mass is 429 g/mol. The number of fused-ring (bicyclic) bond motifs is 1. The molecule has 1 N–H and O–H groups in total. The minimum absolute atomic E-state index is 0.0833. The van der Waals surface area contributed by atoms with Crippen molar-refractivity contribution in [2.24, 2.45) is 5.92 Å². The highest BCUT2D eigenvalue weighted by Crippen LogP contribution is 2.39. The van der Waals surface area contributed by atoms with Crippen LogP contribution in [0.4, 0.5) is 5.00 Å². The van der Waals surface area contributed by atoms with Crippen LogP contribution >= 0.6 is 11.3 Å². The average molecular weight is 430 g/mol. The van der Waals surface area contributed by atoms with Gasteiger partial charge in [0.2, 0.25) is 10.0 Å². The van der Waals surface area contributed by atoms with Crippen LogP contribution in [-0.2, 0) is 22.9 Å². The van der Waals surface area contributed by atoms with Gasteiger partial charge in [-0.25, -0.2) is 8.42 Å². The molecule has 1 aromatic carbocycles. The van der Waals surface area contributed by atoms with Gasteiger partial charge < -0.3 is 5.32 Å². The lowest BCUT2D eigenvalue weighted by atomic mass is 9.88. The molecule has 0 spiro atoms. The molecule has 29 heavy (non-hydrogen) atoms. The Morgan fingerprint density at radius 3 is 2.55 bits per heavy atom. The number of sulfonamides is 1.